The second kappa shape index (κ2) is 8.83. The van der Waals surface area contributed by atoms with E-state index in [1.54, 1.807) is 24.3 Å². The maximum Gasteiger partial charge on any atom is 0.313 e. The van der Waals surface area contributed by atoms with E-state index in [1.807, 2.05) is 30.5 Å². The van der Waals surface area contributed by atoms with Crippen molar-refractivity contribution < 1.29 is 18.2 Å². The number of aromatic nitrogens is 1. The number of thiazole rings is 1. The Labute approximate surface area is 180 Å². The van der Waals surface area contributed by atoms with Crippen LogP contribution >= 0.6 is 11.3 Å². The Hall–Kier alpha value is -2.30. The van der Waals surface area contributed by atoms with Gasteiger partial charge >= 0.3 is 10.1 Å². The molecule has 0 radical (unpaired) electrons. The topological polar surface area (TPSA) is 117 Å². The summed E-state index contributed by atoms with van der Waals surface area (Å²) in [5.74, 6) is 0. The third-order valence-electron chi connectivity index (χ3n) is 5.43. The summed E-state index contributed by atoms with van der Waals surface area (Å²) >= 11 is 1.43. The average Bonchev–Trinajstić information content (AvgIpc) is 3.16. The first-order valence-corrected chi connectivity index (χ1v) is 11.7. The molecule has 4 rings (SSSR count). The number of hydroxylamine groups is 2. The predicted octanol–water partition coefficient (Wildman–Crippen LogP) is 2.91. The molecule has 9 heteroatoms. The SMILES string of the molecule is Cc1ccc(S(=O)(=O)ON2CCC(c3ccccc3)(c3csc(N)n3)CC2)cc1.O. The molecule has 30 heavy (non-hydrogen) atoms. The van der Waals surface area contributed by atoms with Crippen LogP contribution in [0.4, 0.5) is 5.13 Å². The van der Waals surface area contributed by atoms with Gasteiger partial charge in [-0.1, -0.05) is 48.0 Å². The van der Waals surface area contributed by atoms with E-state index in [2.05, 4.69) is 17.1 Å². The molecule has 7 nitrogen and oxygen atoms in total. The fourth-order valence-corrected chi connectivity index (χ4v) is 5.43. The van der Waals surface area contributed by atoms with E-state index in [0.717, 1.165) is 16.8 Å². The number of hydrogen-bond acceptors (Lipinski definition) is 7. The molecule has 0 amide bonds. The van der Waals surface area contributed by atoms with Crippen LogP contribution in [0.15, 0.2) is 64.9 Å². The van der Waals surface area contributed by atoms with Crippen LogP contribution in [-0.2, 0) is 19.8 Å². The van der Waals surface area contributed by atoms with Crippen molar-refractivity contribution in [3.63, 3.8) is 0 Å². The van der Waals surface area contributed by atoms with Crippen molar-refractivity contribution in [2.45, 2.75) is 30.1 Å². The first-order chi connectivity index (χ1) is 13.9. The van der Waals surface area contributed by atoms with Gasteiger partial charge in [-0.05, 0) is 37.5 Å². The Kier molecular flexibility index (Phi) is 6.59. The zero-order valence-electron chi connectivity index (χ0n) is 16.6. The quantitative estimate of drug-likeness (QED) is 0.643. The van der Waals surface area contributed by atoms with E-state index in [1.165, 1.54) is 16.4 Å². The van der Waals surface area contributed by atoms with Gasteiger partial charge < -0.3 is 11.2 Å². The summed E-state index contributed by atoms with van der Waals surface area (Å²) < 4.78 is 30.7. The largest absolute Gasteiger partial charge is 0.412 e. The van der Waals surface area contributed by atoms with Gasteiger partial charge in [0, 0.05) is 23.9 Å². The molecule has 0 atom stereocenters. The third-order valence-corrected chi connectivity index (χ3v) is 7.36. The van der Waals surface area contributed by atoms with Crippen LogP contribution in [0.5, 0.6) is 0 Å². The van der Waals surface area contributed by atoms with Crippen molar-refractivity contribution in [1.82, 2.24) is 10.0 Å². The monoisotopic (exact) mass is 447 g/mol. The molecular weight excluding hydrogens is 422 g/mol. The first kappa shape index (κ1) is 22.4. The van der Waals surface area contributed by atoms with E-state index >= 15 is 0 Å². The normalized spacial score (nSPS) is 16.7. The summed E-state index contributed by atoms with van der Waals surface area (Å²) in [5.41, 5.74) is 8.69. The second-order valence-corrected chi connectivity index (χ2v) is 9.71. The zero-order chi connectivity index (χ0) is 20.5. The Bertz CT molecular complexity index is 1070. The highest BCUT2D eigenvalue weighted by molar-refractivity contribution is 7.86. The highest BCUT2D eigenvalue weighted by atomic mass is 32.2. The van der Waals surface area contributed by atoms with Crippen molar-refractivity contribution in [3.05, 3.63) is 76.8 Å². The maximum absolute atomic E-state index is 12.6. The summed E-state index contributed by atoms with van der Waals surface area (Å²) in [6.45, 7) is 2.85. The molecule has 3 aromatic rings. The van der Waals surface area contributed by atoms with Gasteiger partial charge in [-0.3, -0.25) is 0 Å². The summed E-state index contributed by atoms with van der Waals surface area (Å²) in [4.78, 5) is 4.72. The van der Waals surface area contributed by atoms with E-state index in [0.29, 0.717) is 31.1 Å². The van der Waals surface area contributed by atoms with E-state index in [4.69, 9.17) is 10.0 Å². The Morgan fingerprint density at radius 3 is 2.27 bits per heavy atom. The number of hydrogen-bond donors (Lipinski definition) is 1. The molecule has 0 unspecified atom stereocenters. The molecule has 0 aliphatic carbocycles. The van der Waals surface area contributed by atoms with Crippen molar-refractivity contribution >= 4 is 26.6 Å². The number of nitrogens with zero attached hydrogens (tertiary/aromatic N) is 2. The Morgan fingerprint density at radius 1 is 1.07 bits per heavy atom. The summed E-state index contributed by atoms with van der Waals surface area (Å²) in [6, 6.07) is 16.9. The number of aryl methyl sites for hydroxylation is 1. The highest BCUT2D eigenvalue weighted by Crippen LogP contribution is 2.42. The molecule has 1 aliphatic rings. The van der Waals surface area contributed by atoms with Gasteiger partial charge in [0.05, 0.1) is 10.6 Å². The lowest BCUT2D eigenvalue weighted by Gasteiger charge is -2.40. The molecule has 160 valence electrons. The number of rotatable bonds is 5. The van der Waals surface area contributed by atoms with Gasteiger partial charge in [0.2, 0.25) is 0 Å². The fourth-order valence-electron chi connectivity index (χ4n) is 3.79. The predicted molar refractivity (Wildman–Crippen MR) is 118 cm³/mol. The second-order valence-electron chi connectivity index (χ2n) is 7.29. The van der Waals surface area contributed by atoms with Crippen molar-refractivity contribution in [3.8, 4) is 0 Å². The summed E-state index contributed by atoms with van der Waals surface area (Å²) in [5, 5.41) is 4.07. The minimum Gasteiger partial charge on any atom is -0.412 e. The van der Waals surface area contributed by atoms with E-state index in [9.17, 15) is 8.42 Å². The lowest BCUT2D eigenvalue weighted by Crippen LogP contribution is -2.44. The smallest absolute Gasteiger partial charge is 0.313 e. The number of piperidine rings is 1. The number of nitrogen functional groups attached to an aromatic ring is 1. The Morgan fingerprint density at radius 2 is 1.70 bits per heavy atom. The molecule has 1 aromatic heterocycles. The van der Waals surface area contributed by atoms with Gasteiger partial charge in [0.15, 0.2) is 5.13 Å². The molecule has 0 saturated carbocycles. The summed E-state index contributed by atoms with van der Waals surface area (Å²) in [7, 11) is -3.85. The van der Waals surface area contributed by atoms with Crippen LogP contribution in [0.25, 0.3) is 0 Å². The van der Waals surface area contributed by atoms with Crippen LogP contribution in [-0.4, -0.2) is 37.0 Å². The van der Waals surface area contributed by atoms with Crippen LogP contribution in [0, 0.1) is 6.92 Å². The summed E-state index contributed by atoms with van der Waals surface area (Å²) in [6.07, 6.45) is 1.37. The Balaban J connectivity index is 0.00000256. The molecular formula is C21H25N3O4S2. The van der Waals surface area contributed by atoms with Crippen molar-refractivity contribution in [1.29, 1.82) is 0 Å². The zero-order valence-corrected chi connectivity index (χ0v) is 18.2. The molecule has 1 aliphatic heterocycles. The van der Waals surface area contributed by atoms with Crippen LogP contribution in [0.1, 0.15) is 29.7 Å². The minimum absolute atomic E-state index is 0. The van der Waals surface area contributed by atoms with Crippen LogP contribution < -0.4 is 5.73 Å². The fraction of sp³-hybridized carbons (Fsp3) is 0.286. The molecule has 0 bridgehead atoms. The average molecular weight is 448 g/mol. The molecule has 1 fully saturated rings. The van der Waals surface area contributed by atoms with Crippen molar-refractivity contribution in [2.75, 3.05) is 18.8 Å². The lowest BCUT2D eigenvalue weighted by atomic mass is 9.71. The minimum atomic E-state index is -3.85. The standard InChI is InChI=1S/C21H23N3O3S2.H2O/c1-16-7-9-18(10-8-16)29(25,26)27-24-13-11-21(12-14-24,17-5-3-2-4-6-17)19-15-28-20(22)23-19;/h2-10,15H,11-14H2,1H3,(H2,22,23);1H2. The molecule has 2 heterocycles. The van der Waals surface area contributed by atoms with Gasteiger partial charge in [-0.25, -0.2) is 4.98 Å². The van der Waals surface area contributed by atoms with Gasteiger partial charge in [-0.2, -0.15) is 17.8 Å². The third kappa shape index (κ3) is 4.40. The van der Waals surface area contributed by atoms with Gasteiger partial charge in [-0.15, -0.1) is 11.3 Å². The maximum atomic E-state index is 12.6. The van der Waals surface area contributed by atoms with Crippen LogP contribution in [0.3, 0.4) is 0 Å². The van der Waals surface area contributed by atoms with E-state index < -0.39 is 10.1 Å². The van der Waals surface area contributed by atoms with Gasteiger partial charge in [0.25, 0.3) is 0 Å². The molecule has 2 aromatic carbocycles. The number of benzene rings is 2. The number of anilines is 1. The van der Waals surface area contributed by atoms with Gasteiger partial charge in [0.1, 0.15) is 0 Å². The first-order valence-electron chi connectivity index (χ1n) is 9.42. The highest BCUT2D eigenvalue weighted by Gasteiger charge is 2.41. The van der Waals surface area contributed by atoms with Crippen LogP contribution in [0.2, 0.25) is 0 Å². The van der Waals surface area contributed by atoms with E-state index in [-0.39, 0.29) is 15.8 Å². The number of nitrogens with two attached hydrogens (primary N) is 1. The molecule has 4 N–H and O–H groups in total. The molecule has 1 saturated heterocycles. The van der Waals surface area contributed by atoms with Crippen molar-refractivity contribution in [2.24, 2.45) is 0 Å². The molecule has 0 spiro atoms. The lowest BCUT2D eigenvalue weighted by molar-refractivity contribution is -0.0768.